The van der Waals surface area contributed by atoms with Crippen LogP contribution in [-0.4, -0.2) is 11.0 Å². The van der Waals surface area contributed by atoms with Gasteiger partial charge in [-0.3, -0.25) is 10.1 Å². The highest BCUT2D eigenvalue weighted by Gasteiger charge is 2.47. The van der Waals surface area contributed by atoms with E-state index in [1.165, 1.54) is 6.08 Å². The molecule has 2 rings (SSSR count). The minimum absolute atomic E-state index is 0.0253. The van der Waals surface area contributed by atoms with Crippen molar-refractivity contribution < 1.29 is 22.9 Å². The highest BCUT2D eigenvalue weighted by molar-refractivity contribution is 5.48. The lowest BCUT2D eigenvalue weighted by Gasteiger charge is -2.12. The fraction of sp³-hybridized carbons (Fsp3) is 0.364. The minimum Gasteiger partial charge on any atom is -0.258 e. The molecule has 19 heavy (non-hydrogen) atoms. The number of non-ortho nitro benzene ring substituents is 1. The van der Waals surface area contributed by atoms with Crippen LogP contribution in [0.2, 0.25) is 0 Å². The van der Waals surface area contributed by atoms with E-state index in [0.717, 1.165) is 12.1 Å². The van der Waals surface area contributed by atoms with Gasteiger partial charge in [-0.2, -0.15) is 18.2 Å². The molecule has 0 heterocycles. The molecule has 0 radical (unpaired) electrons. The molecule has 0 N–H and O–H groups in total. The molecule has 0 aromatic heterocycles. The molecule has 5 nitrogen and oxygen atoms in total. The second-order valence-corrected chi connectivity index (χ2v) is 4.26. The number of hydrogen-bond donors (Lipinski definition) is 0. The molecule has 1 saturated carbocycles. The number of nitrogens with zero attached hydrogens (tertiary/aromatic N) is 2. The first-order valence-electron chi connectivity index (χ1n) is 5.25. The number of carbonyl (C=O) groups excluding carboxylic acids is 1. The molecule has 0 spiro atoms. The number of isocyanates is 1. The first-order valence-corrected chi connectivity index (χ1v) is 5.25. The molecule has 0 saturated heterocycles. The lowest BCUT2D eigenvalue weighted by Crippen LogP contribution is -2.10. The second kappa shape index (κ2) is 4.17. The van der Waals surface area contributed by atoms with E-state index in [-0.39, 0.29) is 5.56 Å². The van der Waals surface area contributed by atoms with Gasteiger partial charge in [0, 0.05) is 12.1 Å². The molecule has 1 fully saturated rings. The summed E-state index contributed by atoms with van der Waals surface area (Å²) < 4.78 is 38.0. The third-order valence-corrected chi connectivity index (χ3v) is 2.98. The number of hydrogen-bond acceptors (Lipinski definition) is 4. The summed E-state index contributed by atoms with van der Waals surface area (Å²) in [5.74, 6) is 0. The first-order chi connectivity index (χ1) is 8.78. The summed E-state index contributed by atoms with van der Waals surface area (Å²) in [5.41, 5.74) is -2.84. The van der Waals surface area contributed by atoms with Gasteiger partial charge in [-0.05, 0) is 24.5 Å². The summed E-state index contributed by atoms with van der Waals surface area (Å²) >= 11 is 0. The van der Waals surface area contributed by atoms with E-state index in [2.05, 4.69) is 4.99 Å². The Morgan fingerprint density at radius 3 is 2.37 bits per heavy atom. The van der Waals surface area contributed by atoms with E-state index >= 15 is 0 Å². The Morgan fingerprint density at radius 2 is 1.95 bits per heavy atom. The van der Waals surface area contributed by atoms with Gasteiger partial charge >= 0.3 is 6.18 Å². The fourth-order valence-corrected chi connectivity index (χ4v) is 1.82. The normalized spacial score (nSPS) is 16.6. The standard InChI is InChI=1S/C11H7F3N2O3/c12-11(13,14)8-3-7(4-9(5-8)16(18)19)10(1-2-10)15-6-17/h3-5H,1-2H2. The summed E-state index contributed by atoms with van der Waals surface area (Å²) in [6.07, 6.45) is -2.64. The Labute approximate surface area is 104 Å². The van der Waals surface area contributed by atoms with Crippen molar-refractivity contribution >= 4 is 11.8 Å². The van der Waals surface area contributed by atoms with Gasteiger partial charge in [0.1, 0.15) is 0 Å². The molecule has 0 atom stereocenters. The number of nitro groups is 1. The van der Waals surface area contributed by atoms with Crippen molar-refractivity contribution in [3.8, 4) is 0 Å². The number of alkyl halides is 3. The maximum absolute atomic E-state index is 12.7. The molecule has 0 aliphatic heterocycles. The molecule has 100 valence electrons. The quantitative estimate of drug-likeness (QED) is 0.367. The fourth-order valence-electron chi connectivity index (χ4n) is 1.82. The van der Waals surface area contributed by atoms with Crippen molar-refractivity contribution in [3.05, 3.63) is 39.4 Å². The molecule has 1 aromatic carbocycles. The predicted molar refractivity (Wildman–Crippen MR) is 57.1 cm³/mol. The lowest BCUT2D eigenvalue weighted by molar-refractivity contribution is -0.385. The third kappa shape index (κ3) is 2.48. The second-order valence-electron chi connectivity index (χ2n) is 4.26. The van der Waals surface area contributed by atoms with Gasteiger partial charge in [-0.1, -0.05) is 0 Å². The monoisotopic (exact) mass is 272 g/mol. The Bertz CT molecular complexity index is 587. The largest absolute Gasteiger partial charge is 0.416 e. The molecule has 1 aliphatic rings. The zero-order valence-electron chi connectivity index (χ0n) is 9.40. The van der Waals surface area contributed by atoms with Gasteiger partial charge in [-0.25, -0.2) is 4.79 Å². The topological polar surface area (TPSA) is 72.6 Å². The van der Waals surface area contributed by atoms with Crippen LogP contribution in [0.25, 0.3) is 0 Å². The van der Waals surface area contributed by atoms with Crippen LogP contribution in [0.3, 0.4) is 0 Å². The van der Waals surface area contributed by atoms with Crippen molar-refractivity contribution in [1.82, 2.24) is 0 Å². The van der Waals surface area contributed by atoms with Crippen LogP contribution in [0.15, 0.2) is 23.2 Å². The molecular weight excluding hydrogens is 265 g/mol. The number of aliphatic imine (C=N–C) groups is 1. The maximum atomic E-state index is 12.7. The zero-order chi connectivity index (χ0) is 14.3. The van der Waals surface area contributed by atoms with E-state index < -0.39 is 27.9 Å². The Kier molecular flexibility index (Phi) is 2.90. The van der Waals surface area contributed by atoms with Gasteiger partial charge < -0.3 is 0 Å². The highest BCUT2D eigenvalue weighted by Crippen LogP contribution is 2.50. The van der Waals surface area contributed by atoms with Crippen molar-refractivity contribution in [1.29, 1.82) is 0 Å². The van der Waals surface area contributed by atoms with Crippen LogP contribution < -0.4 is 0 Å². The maximum Gasteiger partial charge on any atom is 0.416 e. The molecule has 8 heteroatoms. The average molecular weight is 272 g/mol. The van der Waals surface area contributed by atoms with E-state index in [0.29, 0.717) is 18.9 Å². The number of rotatable bonds is 3. The van der Waals surface area contributed by atoms with E-state index in [1.54, 1.807) is 0 Å². The zero-order valence-corrected chi connectivity index (χ0v) is 9.40. The van der Waals surface area contributed by atoms with Gasteiger partial charge in [-0.15, -0.1) is 0 Å². The average Bonchev–Trinajstić information content (AvgIpc) is 3.09. The molecule has 1 aliphatic carbocycles. The number of nitro benzene ring substituents is 1. The molecule has 0 unspecified atom stereocenters. The highest BCUT2D eigenvalue weighted by atomic mass is 19.4. The summed E-state index contributed by atoms with van der Waals surface area (Å²) in [6, 6.07) is 2.27. The van der Waals surface area contributed by atoms with Crippen LogP contribution in [-0.2, 0) is 16.5 Å². The van der Waals surface area contributed by atoms with Gasteiger partial charge in [0.2, 0.25) is 6.08 Å². The van der Waals surface area contributed by atoms with Crippen molar-refractivity contribution in [2.24, 2.45) is 4.99 Å². The van der Waals surface area contributed by atoms with Crippen molar-refractivity contribution in [2.45, 2.75) is 24.6 Å². The van der Waals surface area contributed by atoms with Crippen molar-refractivity contribution in [2.75, 3.05) is 0 Å². The summed E-state index contributed by atoms with van der Waals surface area (Å²) in [4.78, 5) is 23.5. The van der Waals surface area contributed by atoms with E-state index in [4.69, 9.17) is 0 Å². The van der Waals surface area contributed by atoms with Gasteiger partial charge in [0.15, 0.2) is 0 Å². The SMILES string of the molecule is O=C=NC1(c2cc([N+](=O)[O-])cc(C(F)(F)F)c2)CC1. The summed E-state index contributed by atoms with van der Waals surface area (Å²) in [7, 11) is 0. The molecular formula is C11H7F3N2O3. The van der Waals surface area contributed by atoms with Gasteiger partial charge in [0.25, 0.3) is 5.69 Å². The Hall–Kier alpha value is -2.21. The van der Waals surface area contributed by atoms with Crippen LogP contribution >= 0.6 is 0 Å². The Morgan fingerprint density at radius 1 is 1.32 bits per heavy atom. The summed E-state index contributed by atoms with van der Waals surface area (Å²) in [6.45, 7) is 0. The number of benzene rings is 1. The van der Waals surface area contributed by atoms with Gasteiger partial charge in [0.05, 0.1) is 16.0 Å². The first kappa shape index (κ1) is 13.2. The van der Waals surface area contributed by atoms with E-state index in [1.807, 2.05) is 0 Å². The van der Waals surface area contributed by atoms with Crippen LogP contribution in [0.4, 0.5) is 18.9 Å². The smallest absolute Gasteiger partial charge is 0.258 e. The van der Waals surface area contributed by atoms with Crippen LogP contribution in [0.5, 0.6) is 0 Å². The number of halogens is 3. The molecule has 1 aromatic rings. The van der Waals surface area contributed by atoms with Crippen LogP contribution in [0.1, 0.15) is 24.0 Å². The third-order valence-electron chi connectivity index (χ3n) is 2.98. The molecule has 0 bridgehead atoms. The summed E-state index contributed by atoms with van der Waals surface area (Å²) in [5, 5.41) is 10.7. The minimum atomic E-state index is -4.69. The predicted octanol–water partition coefficient (Wildman–Crippen LogP) is 2.94. The van der Waals surface area contributed by atoms with Crippen LogP contribution in [0, 0.1) is 10.1 Å². The van der Waals surface area contributed by atoms with E-state index in [9.17, 15) is 28.1 Å². The lowest BCUT2D eigenvalue weighted by atomic mass is 10.0. The molecule has 0 amide bonds. The Balaban J connectivity index is 2.59. The van der Waals surface area contributed by atoms with Crippen molar-refractivity contribution in [3.63, 3.8) is 0 Å².